The highest BCUT2D eigenvalue weighted by Crippen LogP contribution is 2.39. The normalized spacial score (nSPS) is 18.8. The van der Waals surface area contributed by atoms with Crippen LogP contribution in [-0.4, -0.2) is 21.3 Å². The first kappa shape index (κ1) is 16.4. The van der Waals surface area contributed by atoms with Gasteiger partial charge in [-0.1, -0.05) is 12.1 Å². The van der Waals surface area contributed by atoms with E-state index in [1.807, 2.05) is 39.0 Å². The highest BCUT2D eigenvalue weighted by molar-refractivity contribution is 5.92. The molecule has 5 nitrogen and oxygen atoms in total. The molecule has 1 N–H and O–H groups in total. The van der Waals surface area contributed by atoms with Gasteiger partial charge in [0.1, 0.15) is 17.0 Å². The number of alkyl halides is 2. The average molecular weight is 335 g/mol. The van der Waals surface area contributed by atoms with Gasteiger partial charge in [0.05, 0.1) is 6.04 Å². The standard InChI is InChI=1S/C17H19F2N3O2/c1-10-4-5-11-13(9-17(2,3)24-14(11)8-10)20-15(23)12-6-7-22(21-12)16(18)19/h4-8,13,16H,9H2,1-3H3,(H,20,23)/t13-/m1/s1. The van der Waals surface area contributed by atoms with Crippen molar-refractivity contribution in [3.05, 3.63) is 47.3 Å². The first-order valence-electron chi connectivity index (χ1n) is 7.69. The number of amides is 1. The number of nitrogens with zero attached hydrogens (tertiary/aromatic N) is 2. The number of aromatic nitrogens is 2. The molecule has 2 heterocycles. The summed E-state index contributed by atoms with van der Waals surface area (Å²) in [6.45, 7) is 3.10. The number of rotatable bonds is 3. The molecular formula is C17H19F2N3O2. The van der Waals surface area contributed by atoms with E-state index in [-0.39, 0.29) is 11.7 Å². The number of nitrogens with one attached hydrogen (secondary N) is 1. The van der Waals surface area contributed by atoms with Crippen LogP contribution in [0, 0.1) is 6.92 Å². The second-order valence-corrected chi connectivity index (χ2v) is 6.59. The lowest BCUT2D eigenvalue weighted by Crippen LogP contribution is -2.41. The Morgan fingerprint density at radius 1 is 1.42 bits per heavy atom. The largest absolute Gasteiger partial charge is 0.487 e. The number of halogens is 2. The summed E-state index contributed by atoms with van der Waals surface area (Å²) in [7, 11) is 0. The molecule has 7 heteroatoms. The van der Waals surface area contributed by atoms with E-state index in [0.29, 0.717) is 11.1 Å². The molecular weight excluding hydrogens is 316 g/mol. The molecule has 0 fully saturated rings. The first-order valence-corrected chi connectivity index (χ1v) is 7.69. The Bertz CT molecular complexity index is 771. The minimum atomic E-state index is -2.77. The molecule has 0 aliphatic carbocycles. The summed E-state index contributed by atoms with van der Waals surface area (Å²) in [5, 5.41) is 6.48. The quantitative estimate of drug-likeness (QED) is 0.932. The topological polar surface area (TPSA) is 56.1 Å². The maximum absolute atomic E-state index is 12.6. The summed E-state index contributed by atoms with van der Waals surface area (Å²) in [5.41, 5.74) is 1.46. The lowest BCUT2D eigenvalue weighted by atomic mass is 9.89. The lowest BCUT2D eigenvalue weighted by Gasteiger charge is -2.38. The first-order chi connectivity index (χ1) is 11.2. The Morgan fingerprint density at radius 2 is 2.17 bits per heavy atom. The molecule has 1 aliphatic heterocycles. The molecule has 1 aromatic heterocycles. The number of hydrogen-bond donors (Lipinski definition) is 1. The summed E-state index contributed by atoms with van der Waals surface area (Å²) >= 11 is 0. The van der Waals surface area contributed by atoms with Gasteiger partial charge in [0.15, 0.2) is 0 Å². The van der Waals surface area contributed by atoms with E-state index in [2.05, 4.69) is 10.4 Å². The minimum absolute atomic E-state index is 0.0340. The molecule has 0 radical (unpaired) electrons. The Kier molecular flexibility index (Phi) is 4.03. The molecule has 3 rings (SSSR count). The van der Waals surface area contributed by atoms with Crippen molar-refractivity contribution in [2.45, 2.75) is 45.4 Å². The Morgan fingerprint density at radius 3 is 2.83 bits per heavy atom. The van der Waals surface area contributed by atoms with Crippen LogP contribution in [0.4, 0.5) is 8.78 Å². The summed E-state index contributed by atoms with van der Waals surface area (Å²) in [6.07, 6.45) is 1.66. The molecule has 1 aromatic carbocycles. The van der Waals surface area contributed by atoms with Crippen LogP contribution >= 0.6 is 0 Å². The number of fused-ring (bicyclic) bond motifs is 1. The van der Waals surface area contributed by atoms with E-state index in [4.69, 9.17) is 4.74 Å². The van der Waals surface area contributed by atoms with E-state index < -0.39 is 18.1 Å². The maximum Gasteiger partial charge on any atom is 0.333 e. The van der Waals surface area contributed by atoms with Crippen LogP contribution in [0.15, 0.2) is 30.5 Å². The number of carbonyl (C=O) groups is 1. The van der Waals surface area contributed by atoms with Crippen LogP contribution in [0.2, 0.25) is 0 Å². The second-order valence-electron chi connectivity index (χ2n) is 6.59. The number of benzene rings is 1. The third kappa shape index (κ3) is 3.25. The molecule has 128 valence electrons. The molecule has 0 unspecified atom stereocenters. The zero-order valence-corrected chi connectivity index (χ0v) is 13.7. The smallest absolute Gasteiger partial charge is 0.333 e. The molecule has 0 saturated carbocycles. The third-order valence-electron chi connectivity index (χ3n) is 3.97. The average Bonchev–Trinajstić information content (AvgIpc) is 2.95. The fourth-order valence-electron chi connectivity index (χ4n) is 2.89. The van der Waals surface area contributed by atoms with Crippen LogP contribution in [0.1, 0.15) is 54.5 Å². The zero-order valence-electron chi connectivity index (χ0n) is 13.7. The van der Waals surface area contributed by atoms with Crippen molar-refractivity contribution in [3.8, 4) is 5.75 Å². The molecule has 0 bridgehead atoms. The molecule has 0 saturated heterocycles. The van der Waals surface area contributed by atoms with Crippen molar-refractivity contribution >= 4 is 5.91 Å². The van der Waals surface area contributed by atoms with Crippen molar-refractivity contribution < 1.29 is 18.3 Å². The maximum atomic E-state index is 12.6. The second kappa shape index (κ2) is 5.89. The van der Waals surface area contributed by atoms with Crippen LogP contribution in [0.3, 0.4) is 0 Å². The predicted octanol–water partition coefficient (Wildman–Crippen LogP) is 3.62. The number of aryl methyl sites for hydroxylation is 1. The summed E-state index contributed by atoms with van der Waals surface area (Å²) in [6, 6.07) is 6.81. The van der Waals surface area contributed by atoms with Crippen LogP contribution < -0.4 is 10.1 Å². The van der Waals surface area contributed by atoms with Gasteiger partial charge in [0, 0.05) is 18.2 Å². The van der Waals surface area contributed by atoms with E-state index in [1.165, 1.54) is 6.07 Å². The number of ether oxygens (including phenoxy) is 1. The van der Waals surface area contributed by atoms with Gasteiger partial charge < -0.3 is 10.1 Å². The Balaban J connectivity index is 1.85. The molecule has 24 heavy (non-hydrogen) atoms. The minimum Gasteiger partial charge on any atom is -0.487 e. The molecule has 1 aliphatic rings. The molecule has 0 spiro atoms. The fourth-order valence-corrected chi connectivity index (χ4v) is 2.89. The van der Waals surface area contributed by atoms with Gasteiger partial charge in [-0.2, -0.15) is 13.9 Å². The van der Waals surface area contributed by atoms with Gasteiger partial charge in [0.25, 0.3) is 5.91 Å². The van der Waals surface area contributed by atoms with Crippen molar-refractivity contribution in [1.29, 1.82) is 0 Å². The fraction of sp³-hybridized carbons (Fsp3) is 0.412. The summed E-state index contributed by atoms with van der Waals surface area (Å²) in [5.74, 6) is 0.248. The van der Waals surface area contributed by atoms with E-state index in [9.17, 15) is 13.6 Å². The predicted molar refractivity (Wildman–Crippen MR) is 84.2 cm³/mol. The zero-order chi connectivity index (χ0) is 17.5. The van der Waals surface area contributed by atoms with E-state index in [0.717, 1.165) is 23.1 Å². The monoisotopic (exact) mass is 335 g/mol. The van der Waals surface area contributed by atoms with Crippen LogP contribution in [-0.2, 0) is 0 Å². The van der Waals surface area contributed by atoms with Gasteiger partial charge >= 0.3 is 6.55 Å². The van der Waals surface area contributed by atoms with Crippen molar-refractivity contribution in [2.75, 3.05) is 0 Å². The van der Waals surface area contributed by atoms with Crippen LogP contribution in [0.25, 0.3) is 0 Å². The summed E-state index contributed by atoms with van der Waals surface area (Å²) < 4.78 is 31.6. The molecule has 1 amide bonds. The van der Waals surface area contributed by atoms with Gasteiger partial charge in [-0.3, -0.25) is 4.79 Å². The highest BCUT2D eigenvalue weighted by atomic mass is 19.3. The van der Waals surface area contributed by atoms with Crippen molar-refractivity contribution in [1.82, 2.24) is 15.1 Å². The van der Waals surface area contributed by atoms with Gasteiger partial charge in [0.2, 0.25) is 0 Å². The van der Waals surface area contributed by atoms with Crippen molar-refractivity contribution in [2.24, 2.45) is 0 Å². The van der Waals surface area contributed by atoms with Gasteiger partial charge in [-0.05, 0) is 38.5 Å². The van der Waals surface area contributed by atoms with Gasteiger partial charge in [-0.15, -0.1) is 0 Å². The van der Waals surface area contributed by atoms with E-state index in [1.54, 1.807) is 0 Å². The molecule has 1 atom stereocenters. The molecule has 2 aromatic rings. The summed E-state index contributed by atoms with van der Waals surface area (Å²) in [4.78, 5) is 12.4. The van der Waals surface area contributed by atoms with Gasteiger partial charge in [-0.25, -0.2) is 4.68 Å². The third-order valence-corrected chi connectivity index (χ3v) is 3.97. The lowest BCUT2D eigenvalue weighted by molar-refractivity contribution is 0.0553. The Labute approximate surface area is 138 Å². The highest BCUT2D eigenvalue weighted by Gasteiger charge is 2.35. The Hall–Kier alpha value is -2.44. The number of hydrogen-bond acceptors (Lipinski definition) is 3. The number of carbonyl (C=O) groups excluding carboxylic acids is 1. The van der Waals surface area contributed by atoms with Crippen LogP contribution in [0.5, 0.6) is 5.75 Å². The van der Waals surface area contributed by atoms with E-state index >= 15 is 0 Å². The van der Waals surface area contributed by atoms with Crippen molar-refractivity contribution in [3.63, 3.8) is 0 Å². The SMILES string of the molecule is Cc1ccc2c(c1)OC(C)(C)C[C@H]2NC(=O)c1ccn(C(F)F)n1.